The van der Waals surface area contributed by atoms with Crippen LogP contribution in [0, 0.1) is 6.92 Å². The van der Waals surface area contributed by atoms with E-state index in [0.29, 0.717) is 0 Å². The number of aryl methyl sites for hydroxylation is 1. The van der Waals surface area contributed by atoms with Crippen LogP contribution in [0.2, 0.25) is 0 Å². The number of nitrogens with two attached hydrogens (primary N) is 1. The monoisotopic (exact) mass is 559 g/mol. The molecule has 0 radical (unpaired) electrons. The van der Waals surface area contributed by atoms with Crippen molar-refractivity contribution in [2.24, 2.45) is 5.73 Å². The number of fused-ring (bicyclic) bond motifs is 6. The average Bonchev–Trinajstić information content (AvgIpc) is 3.40. The minimum atomic E-state index is -0.0873. The fourth-order valence-electron chi connectivity index (χ4n) is 8.16. The van der Waals surface area contributed by atoms with Crippen LogP contribution in [-0.4, -0.2) is 0 Å². The molecular formula is C42H41N. The first-order chi connectivity index (χ1) is 20.7. The van der Waals surface area contributed by atoms with Gasteiger partial charge in [0.2, 0.25) is 0 Å². The van der Waals surface area contributed by atoms with Crippen LogP contribution in [-0.2, 0) is 17.3 Å². The van der Waals surface area contributed by atoms with Gasteiger partial charge < -0.3 is 5.73 Å². The summed E-state index contributed by atoms with van der Waals surface area (Å²) in [6.45, 7) is 16.2. The van der Waals surface area contributed by atoms with Crippen molar-refractivity contribution >= 4 is 11.3 Å². The van der Waals surface area contributed by atoms with Crippen LogP contribution in [0.3, 0.4) is 0 Å². The molecule has 0 unspecified atom stereocenters. The van der Waals surface area contributed by atoms with Gasteiger partial charge >= 0.3 is 0 Å². The van der Waals surface area contributed by atoms with E-state index >= 15 is 0 Å². The molecule has 0 spiro atoms. The lowest BCUT2D eigenvalue weighted by Crippen LogP contribution is -2.20. The predicted molar refractivity (Wildman–Crippen MR) is 184 cm³/mol. The molecule has 1 heteroatoms. The van der Waals surface area contributed by atoms with Crippen molar-refractivity contribution in [2.75, 3.05) is 0 Å². The minimum Gasteiger partial charge on any atom is -0.398 e. The molecule has 0 atom stereocenters. The van der Waals surface area contributed by atoms with Crippen LogP contribution < -0.4 is 5.73 Å². The highest BCUT2D eigenvalue weighted by molar-refractivity contribution is 6.01. The summed E-state index contributed by atoms with van der Waals surface area (Å²) in [7, 11) is 0. The topological polar surface area (TPSA) is 26.0 Å². The molecule has 7 rings (SSSR count). The molecule has 0 aromatic heterocycles. The van der Waals surface area contributed by atoms with E-state index < -0.39 is 0 Å². The van der Waals surface area contributed by atoms with Gasteiger partial charge in [0, 0.05) is 22.9 Å². The Bertz CT molecular complexity index is 1910. The van der Waals surface area contributed by atoms with E-state index in [0.717, 1.165) is 36.1 Å². The Morgan fingerprint density at radius 2 is 1.49 bits per heavy atom. The lowest BCUT2D eigenvalue weighted by Gasteiger charge is -2.29. The van der Waals surface area contributed by atoms with Crippen molar-refractivity contribution < 1.29 is 0 Å². The summed E-state index contributed by atoms with van der Waals surface area (Å²) in [6, 6.07) is 28.7. The third-order valence-electron chi connectivity index (χ3n) is 10.4. The molecular weight excluding hydrogens is 518 g/mol. The lowest BCUT2D eigenvalue weighted by molar-refractivity contribution is 0.606. The van der Waals surface area contributed by atoms with Gasteiger partial charge in [-0.05, 0) is 92.1 Å². The number of hydrogen-bond acceptors (Lipinski definition) is 1. The van der Waals surface area contributed by atoms with Crippen molar-refractivity contribution in [1.29, 1.82) is 0 Å². The Hall–Kier alpha value is -4.36. The van der Waals surface area contributed by atoms with Gasteiger partial charge in [-0.1, -0.05) is 137 Å². The van der Waals surface area contributed by atoms with Crippen LogP contribution in [0.1, 0.15) is 79.5 Å². The lowest BCUT2D eigenvalue weighted by atomic mass is 9.74. The highest BCUT2D eigenvalue weighted by atomic mass is 14.6. The van der Waals surface area contributed by atoms with Crippen LogP contribution >= 0.6 is 0 Å². The van der Waals surface area contributed by atoms with E-state index in [4.69, 9.17) is 5.73 Å². The van der Waals surface area contributed by atoms with Gasteiger partial charge in [0.15, 0.2) is 0 Å². The maximum absolute atomic E-state index is 6.75. The molecule has 3 aliphatic carbocycles. The summed E-state index contributed by atoms with van der Waals surface area (Å²) in [5, 5.41) is 0. The highest BCUT2D eigenvalue weighted by Gasteiger charge is 2.46. The van der Waals surface area contributed by atoms with Crippen molar-refractivity contribution in [3.63, 3.8) is 0 Å². The second-order valence-electron chi connectivity index (χ2n) is 13.5. The zero-order valence-corrected chi connectivity index (χ0v) is 26.1. The Kier molecular flexibility index (Phi) is 6.29. The number of allylic oxidation sites excluding steroid dienone is 6. The van der Waals surface area contributed by atoms with Gasteiger partial charge in [0.25, 0.3) is 0 Å². The smallest absolute Gasteiger partial charge is 0.0423 e. The third kappa shape index (κ3) is 3.98. The molecule has 0 aliphatic heterocycles. The summed E-state index contributed by atoms with van der Waals surface area (Å²) in [5.41, 5.74) is 26.5. The summed E-state index contributed by atoms with van der Waals surface area (Å²) >= 11 is 0. The zero-order chi connectivity index (χ0) is 30.1. The van der Waals surface area contributed by atoms with Gasteiger partial charge in [0.1, 0.15) is 0 Å². The van der Waals surface area contributed by atoms with E-state index in [1.165, 1.54) is 61.2 Å². The van der Waals surface area contributed by atoms with Crippen molar-refractivity contribution in [3.8, 4) is 22.3 Å². The standard InChI is InChI=1S/C42H41N/c1-7-27(40(43)28-15-9-8-10-16-28)25-29-17-11-12-18-30(29)36-26(2)21-23-34-37(36)38-35(41(34,3)4)24-22-32-31-19-13-14-20-33(31)42(5,6)39(32)38/h7-13,15-19,21-24H,1,14,20,25,43H2,2-6H3/b40-27+. The van der Waals surface area contributed by atoms with E-state index in [1.54, 1.807) is 5.57 Å². The molecule has 3 aliphatic rings. The molecule has 0 saturated heterocycles. The van der Waals surface area contributed by atoms with Gasteiger partial charge in [-0.2, -0.15) is 0 Å². The van der Waals surface area contributed by atoms with Crippen LogP contribution in [0.25, 0.3) is 33.5 Å². The molecule has 4 aromatic rings. The maximum atomic E-state index is 6.75. The third-order valence-corrected chi connectivity index (χ3v) is 10.4. The largest absolute Gasteiger partial charge is 0.398 e. The first-order valence-corrected chi connectivity index (χ1v) is 15.6. The number of hydrogen-bond donors (Lipinski definition) is 1. The SMILES string of the molecule is C=C/C(Cc1ccccc1-c1c(C)ccc2c1-c1c(ccc3c1C(C)(C)C1=C3C=CCC1)C2(C)C)=C(\N)c1ccccc1. The molecule has 1 nitrogen and oxygen atoms in total. The summed E-state index contributed by atoms with van der Waals surface area (Å²) in [6.07, 6.45) is 9.65. The normalized spacial score (nSPS) is 17.6. The molecule has 0 amide bonds. The molecule has 0 heterocycles. The van der Waals surface area contributed by atoms with Gasteiger partial charge in [-0.15, -0.1) is 0 Å². The van der Waals surface area contributed by atoms with Gasteiger partial charge in [-0.25, -0.2) is 0 Å². The Labute approximate surface area is 257 Å². The number of benzene rings is 4. The molecule has 4 aromatic carbocycles. The van der Waals surface area contributed by atoms with E-state index in [1.807, 2.05) is 24.3 Å². The first kappa shape index (κ1) is 27.5. The molecule has 214 valence electrons. The Balaban J connectivity index is 1.47. The molecule has 0 saturated carbocycles. The predicted octanol–water partition coefficient (Wildman–Crippen LogP) is 10.5. The summed E-state index contributed by atoms with van der Waals surface area (Å²) < 4.78 is 0. The minimum absolute atomic E-state index is 0.0120. The van der Waals surface area contributed by atoms with Gasteiger partial charge in [-0.3, -0.25) is 0 Å². The fraction of sp³-hybridized carbons (Fsp3) is 0.238. The summed E-state index contributed by atoms with van der Waals surface area (Å²) in [5.74, 6) is 0. The van der Waals surface area contributed by atoms with Gasteiger partial charge in [0.05, 0.1) is 0 Å². The maximum Gasteiger partial charge on any atom is 0.0423 e. The van der Waals surface area contributed by atoms with Crippen molar-refractivity contribution in [3.05, 3.63) is 154 Å². The van der Waals surface area contributed by atoms with E-state index in [-0.39, 0.29) is 10.8 Å². The second kappa shape index (κ2) is 9.85. The van der Waals surface area contributed by atoms with E-state index in [9.17, 15) is 0 Å². The molecule has 43 heavy (non-hydrogen) atoms. The van der Waals surface area contributed by atoms with Crippen LogP contribution in [0.5, 0.6) is 0 Å². The highest BCUT2D eigenvalue weighted by Crippen LogP contribution is 2.61. The van der Waals surface area contributed by atoms with Crippen molar-refractivity contribution in [1.82, 2.24) is 0 Å². The molecule has 0 fully saturated rings. The first-order valence-electron chi connectivity index (χ1n) is 15.6. The second-order valence-corrected chi connectivity index (χ2v) is 13.5. The molecule has 0 bridgehead atoms. The zero-order valence-electron chi connectivity index (χ0n) is 26.1. The quantitative estimate of drug-likeness (QED) is 0.242. The Morgan fingerprint density at radius 3 is 2.26 bits per heavy atom. The number of rotatable bonds is 5. The molecule has 2 N–H and O–H groups in total. The average molecular weight is 560 g/mol. The van der Waals surface area contributed by atoms with Crippen molar-refractivity contribution in [2.45, 2.75) is 64.7 Å². The Morgan fingerprint density at radius 1 is 0.791 bits per heavy atom. The fourth-order valence-corrected chi connectivity index (χ4v) is 8.16. The van der Waals surface area contributed by atoms with Crippen LogP contribution in [0.15, 0.2) is 115 Å². The summed E-state index contributed by atoms with van der Waals surface area (Å²) in [4.78, 5) is 0. The van der Waals surface area contributed by atoms with Crippen LogP contribution in [0.4, 0.5) is 0 Å². The van der Waals surface area contributed by atoms with E-state index in [2.05, 4.69) is 114 Å².